The van der Waals surface area contributed by atoms with Crippen LogP contribution in [0.1, 0.15) is 5.56 Å². The van der Waals surface area contributed by atoms with Crippen LogP contribution in [-0.2, 0) is 6.54 Å². The van der Waals surface area contributed by atoms with Crippen LogP contribution in [0.15, 0.2) is 36.0 Å². The van der Waals surface area contributed by atoms with Crippen LogP contribution < -0.4 is 5.32 Å². The Morgan fingerprint density at radius 3 is 3.07 bits per heavy atom. The number of aromatic nitrogens is 1. The first kappa shape index (κ1) is 9.37. The lowest BCUT2D eigenvalue weighted by Crippen LogP contribution is -2.05. The molecule has 2 aromatic heterocycles. The van der Waals surface area contributed by atoms with Crippen molar-refractivity contribution >= 4 is 11.3 Å². The van der Waals surface area contributed by atoms with Gasteiger partial charge < -0.3 is 5.32 Å². The van der Waals surface area contributed by atoms with Crippen molar-refractivity contribution < 1.29 is 0 Å². The smallest absolute Gasteiger partial charge is 0.0358 e. The van der Waals surface area contributed by atoms with Gasteiger partial charge in [-0.15, -0.1) is 11.3 Å². The largest absolute Gasteiger partial charge is 0.316 e. The first-order chi connectivity index (χ1) is 6.90. The molecule has 1 N–H and O–H groups in total. The summed E-state index contributed by atoms with van der Waals surface area (Å²) >= 11 is 1.74. The Labute approximate surface area is 87.6 Å². The molecular weight excluding hydrogens is 192 g/mol. The molecule has 14 heavy (non-hydrogen) atoms. The lowest BCUT2D eigenvalue weighted by molar-refractivity contribution is 0.814. The molecule has 0 unspecified atom stereocenters. The maximum Gasteiger partial charge on any atom is 0.0358 e. The van der Waals surface area contributed by atoms with Crippen molar-refractivity contribution in [3.63, 3.8) is 0 Å². The zero-order chi connectivity index (χ0) is 9.80. The molecule has 0 bridgehead atoms. The summed E-state index contributed by atoms with van der Waals surface area (Å²) in [6.07, 6.45) is 3.80. The number of nitrogens with one attached hydrogen (secondary N) is 1. The van der Waals surface area contributed by atoms with Crippen LogP contribution in [0, 0.1) is 0 Å². The molecule has 2 heterocycles. The number of rotatable bonds is 3. The Kier molecular flexibility index (Phi) is 2.91. The zero-order valence-corrected chi connectivity index (χ0v) is 8.84. The van der Waals surface area contributed by atoms with E-state index in [9.17, 15) is 0 Å². The molecule has 0 aliphatic heterocycles. The summed E-state index contributed by atoms with van der Waals surface area (Å²) in [6.45, 7) is 0.867. The summed E-state index contributed by atoms with van der Waals surface area (Å²) in [5.74, 6) is 0. The molecule has 3 heteroatoms. The van der Waals surface area contributed by atoms with Crippen LogP contribution >= 0.6 is 11.3 Å². The van der Waals surface area contributed by atoms with Crippen LogP contribution in [0.4, 0.5) is 0 Å². The Bertz CT molecular complexity index is 395. The number of nitrogens with zero attached hydrogens (tertiary/aromatic N) is 1. The van der Waals surface area contributed by atoms with E-state index in [0.717, 1.165) is 6.54 Å². The first-order valence-corrected chi connectivity index (χ1v) is 5.40. The SMILES string of the molecule is CNCc1cncc(-c2cccs2)c1. The lowest BCUT2D eigenvalue weighted by atomic mass is 10.2. The Morgan fingerprint density at radius 1 is 1.43 bits per heavy atom. The van der Waals surface area contributed by atoms with Gasteiger partial charge in [0.05, 0.1) is 0 Å². The minimum absolute atomic E-state index is 0.867. The molecule has 0 aliphatic rings. The fourth-order valence-corrected chi connectivity index (χ4v) is 2.07. The van der Waals surface area contributed by atoms with Crippen molar-refractivity contribution in [1.29, 1.82) is 0 Å². The predicted molar refractivity (Wildman–Crippen MR) is 60.3 cm³/mol. The van der Waals surface area contributed by atoms with Gasteiger partial charge in [0.1, 0.15) is 0 Å². The topological polar surface area (TPSA) is 24.9 Å². The van der Waals surface area contributed by atoms with Crippen molar-refractivity contribution in [2.24, 2.45) is 0 Å². The van der Waals surface area contributed by atoms with E-state index < -0.39 is 0 Å². The normalized spacial score (nSPS) is 10.4. The van der Waals surface area contributed by atoms with Gasteiger partial charge in [0.25, 0.3) is 0 Å². The summed E-state index contributed by atoms with van der Waals surface area (Å²) in [7, 11) is 1.94. The van der Waals surface area contributed by atoms with Crippen LogP contribution in [-0.4, -0.2) is 12.0 Å². The summed E-state index contributed by atoms with van der Waals surface area (Å²) in [5, 5.41) is 5.20. The molecule has 0 saturated heterocycles. The van der Waals surface area contributed by atoms with Crippen molar-refractivity contribution in [2.75, 3.05) is 7.05 Å². The molecule has 0 aromatic carbocycles. The number of hydrogen-bond donors (Lipinski definition) is 1. The van der Waals surface area contributed by atoms with Crippen molar-refractivity contribution in [3.8, 4) is 10.4 Å². The molecule has 2 aromatic rings. The Hall–Kier alpha value is -1.19. The van der Waals surface area contributed by atoms with Crippen molar-refractivity contribution in [3.05, 3.63) is 41.5 Å². The van der Waals surface area contributed by atoms with E-state index in [1.165, 1.54) is 16.0 Å². The average molecular weight is 204 g/mol. The highest BCUT2D eigenvalue weighted by Crippen LogP contribution is 2.24. The highest BCUT2D eigenvalue weighted by Gasteiger charge is 1.99. The number of hydrogen-bond acceptors (Lipinski definition) is 3. The minimum atomic E-state index is 0.867. The van der Waals surface area contributed by atoms with E-state index >= 15 is 0 Å². The van der Waals surface area contributed by atoms with E-state index in [1.807, 2.05) is 19.4 Å². The molecule has 72 valence electrons. The highest BCUT2D eigenvalue weighted by atomic mass is 32.1. The number of thiophene rings is 1. The van der Waals surface area contributed by atoms with Crippen LogP contribution in [0.2, 0.25) is 0 Å². The van der Waals surface area contributed by atoms with Gasteiger partial charge in [-0.25, -0.2) is 0 Å². The third-order valence-electron chi connectivity index (χ3n) is 1.98. The zero-order valence-electron chi connectivity index (χ0n) is 8.03. The minimum Gasteiger partial charge on any atom is -0.316 e. The second-order valence-electron chi connectivity index (χ2n) is 3.09. The van der Waals surface area contributed by atoms with Gasteiger partial charge in [0.2, 0.25) is 0 Å². The Balaban J connectivity index is 2.31. The maximum absolute atomic E-state index is 4.23. The van der Waals surface area contributed by atoms with Crippen LogP contribution in [0.3, 0.4) is 0 Å². The van der Waals surface area contributed by atoms with Gasteiger partial charge in [-0.3, -0.25) is 4.98 Å². The molecule has 0 atom stereocenters. The van der Waals surface area contributed by atoms with Crippen LogP contribution in [0.25, 0.3) is 10.4 Å². The lowest BCUT2D eigenvalue weighted by Gasteiger charge is -2.01. The monoisotopic (exact) mass is 204 g/mol. The molecule has 0 amide bonds. The molecule has 0 radical (unpaired) electrons. The molecule has 0 saturated carbocycles. The summed E-state index contributed by atoms with van der Waals surface area (Å²) in [6, 6.07) is 6.35. The van der Waals surface area contributed by atoms with Gasteiger partial charge in [-0.2, -0.15) is 0 Å². The van der Waals surface area contributed by atoms with Gasteiger partial charge in [0.15, 0.2) is 0 Å². The van der Waals surface area contributed by atoms with Gasteiger partial charge in [-0.05, 0) is 30.1 Å². The number of pyridine rings is 1. The van der Waals surface area contributed by atoms with E-state index in [0.29, 0.717) is 0 Å². The van der Waals surface area contributed by atoms with Crippen molar-refractivity contribution in [1.82, 2.24) is 10.3 Å². The fourth-order valence-electron chi connectivity index (χ4n) is 1.37. The molecular formula is C11H12N2S. The summed E-state index contributed by atoms with van der Waals surface area (Å²) in [4.78, 5) is 5.50. The second-order valence-corrected chi connectivity index (χ2v) is 4.04. The molecule has 0 spiro atoms. The molecule has 2 rings (SSSR count). The maximum atomic E-state index is 4.23. The van der Waals surface area contributed by atoms with Gasteiger partial charge >= 0.3 is 0 Å². The Morgan fingerprint density at radius 2 is 2.36 bits per heavy atom. The molecule has 0 aliphatic carbocycles. The van der Waals surface area contributed by atoms with E-state index in [1.54, 1.807) is 11.3 Å². The molecule has 0 fully saturated rings. The van der Waals surface area contributed by atoms with E-state index in [2.05, 4.69) is 33.9 Å². The fraction of sp³-hybridized carbons (Fsp3) is 0.182. The third-order valence-corrected chi connectivity index (χ3v) is 2.90. The van der Waals surface area contributed by atoms with E-state index in [4.69, 9.17) is 0 Å². The van der Waals surface area contributed by atoms with E-state index in [-0.39, 0.29) is 0 Å². The average Bonchev–Trinajstić information content (AvgIpc) is 2.71. The summed E-state index contributed by atoms with van der Waals surface area (Å²) in [5.41, 5.74) is 2.42. The first-order valence-electron chi connectivity index (χ1n) is 4.52. The third kappa shape index (κ3) is 2.00. The van der Waals surface area contributed by atoms with Gasteiger partial charge in [0, 0.05) is 29.4 Å². The summed E-state index contributed by atoms with van der Waals surface area (Å²) < 4.78 is 0. The highest BCUT2D eigenvalue weighted by molar-refractivity contribution is 7.13. The quantitative estimate of drug-likeness (QED) is 0.831. The standard InChI is InChI=1S/C11H12N2S/c1-12-6-9-5-10(8-13-7-9)11-3-2-4-14-11/h2-5,7-8,12H,6H2,1H3. The molecule has 2 nitrogen and oxygen atoms in total. The van der Waals surface area contributed by atoms with Crippen molar-refractivity contribution in [2.45, 2.75) is 6.54 Å². The predicted octanol–water partition coefficient (Wildman–Crippen LogP) is 2.53. The second kappa shape index (κ2) is 4.35. The van der Waals surface area contributed by atoms with Crippen LogP contribution in [0.5, 0.6) is 0 Å². The van der Waals surface area contributed by atoms with Gasteiger partial charge in [-0.1, -0.05) is 6.07 Å².